The first kappa shape index (κ1) is 12.8. The number of hydrogen-bond donors (Lipinski definition) is 2. The molecule has 0 aliphatic carbocycles. The second-order valence-corrected chi connectivity index (χ2v) is 4.95. The van der Waals surface area contributed by atoms with E-state index < -0.39 is 0 Å². The van der Waals surface area contributed by atoms with Crippen molar-refractivity contribution in [3.05, 3.63) is 18.3 Å². The van der Waals surface area contributed by atoms with Gasteiger partial charge in [-0.05, 0) is 18.1 Å². The molecule has 1 heterocycles. The van der Waals surface area contributed by atoms with Crippen molar-refractivity contribution in [3.63, 3.8) is 0 Å². The molecule has 0 radical (unpaired) electrons. The average molecular weight is 239 g/mol. The van der Waals surface area contributed by atoms with Crippen molar-refractivity contribution >= 4 is 23.5 Å². The summed E-state index contributed by atoms with van der Waals surface area (Å²) >= 11 is 1.46. The third-order valence-electron chi connectivity index (χ3n) is 1.84. The van der Waals surface area contributed by atoms with Gasteiger partial charge in [0, 0.05) is 17.6 Å². The first-order chi connectivity index (χ1) is 7.58. The monoisotopic (exact) mass is 239 g/mol. The van der Waals surface area contributed by atoms with Gasteiger partial charge in [-0.15, -0.1) is 11.8 Å². The van der Waals surface area contributed by atoms with Gasteiger partial charge in [-0.3, -0.25) is 4.79 Å². The lowest BCUT2D eigenvalue weighted by atomic mass is 10.2. The number of nitrogens with two attached hydrogens (primary N) is 1. The van der Waals surface area contributed by atoms with Crippen LogP contribution >= 0.6 is 11.8 Å². The Morgan fingerprint density at radius 2 is 2.31 bits per heavy atom. The van der Waals surface area contributed by atoms with Gasteiger partial charge in [0.25, 0.3) is 0 Å². The molecule has 1 aromatic rings. The van der Waals surface area contributed by atoms with E-state index in [2.05, 4.69) is 24.1 Å². The molecule has 0 saturated carbocycles. The lowest BCUT2D eigenvalue weighted by Crippen LogP contribution is -2.28. The zero-order valence-corrected chi connectivity index (χ0v) is 10.4. The van der Waals surface area contributed by atoms with Crippen LogP contribution < -0.4 is 11.1 Å². The fourth-order valence-corrected chi connectivity index (χ4v) is 1.69. The number of thioether (sulfide) groups is 1. The lowest BCUT2D eigenvalue weighted by Gasteiger charge is -2.07. The number of hydrogen-bond acceptors (Lipinski definition) is 4. The minimum Gasteiger partial charge on any atom is -0.384 e. The van der Waals surface area contributed by atoms with Crippen molar-refractivity contribution < 1.29 is 4.79 Å². The van der Waals surface area contributed by atoms with Crippen LogP contribution in [0.2, 0.25) is 0 Å². The van der Waals surface area contributed by atoms with Crippen LogP contribution in [0.5, 0.6) is 0 Å². The molecular formula is C11H17N3OS. The van der Waals surface area contributed by atoms with Crippen molar-refractivity contribution in [2.45, 2.75) is 18.7 Å². The van der Waals surface area contributed by atoms with Crippen molar-refractivity contribution in [2.75, 3.05) is 18.0 Å². The number of pyridine rings is 1. The molecule has 0 aliphatic rings. The Balaban J connectivity index is 2.29. The molecule has 16 heavy (non-hydrogen) atoms. The number of carbonyl (C=O) groups excluding carboxylic acids is 1. The standard InChI is InChI=1S/C11H17N3OS/c1-8(2)5-14-11(15)7-16-9-3-4-10(12)13-6-9/h3-4,6,8H,5,7H2,1-2H3,(H2,12,13)(H,14,15). The molecule has 0 saturated heterocycles. The molecule has 4 nitrogen and oxygen atoms in total. The Bertz CT molecular complexity index is 338. The summed E-state index contributed by atoms with van der Waals surface area (Å²) < 4.78 is 0. The number of carbonyl (C=O) groups is 1. The summed E-state index contributed by atoms with van der Waals surface area (Å²) in [4.78, 5) is 16.3. The number of rotatable bonds is 5. The molecule has 0 unspecified atom stereocenters. The van der Waals surface area contributed by atoms with Gasteiger partial charge in [0.05, 0.1) is 5.75 Å². The predicted octanol–water partition coefficient (Wildman–Crippen LogP) is 1.53. The minimum atomic E-state index is 0.0514. The highest BCUT2D eigenvalue weighted by Crippen LogP contribution is 2.16. The van der Waals surface area contributed by atoms with Crippen LogP contribution in [0.3, 0.4) is 0 Å². The molecule has 0 fully saturated rings. The van der Waals surface area contributed by atoms with E-state index >= 15 is 0 Å². The summed E-state index contributed by atoms with van der Waals surface area (Å²) in [7, 11) is 0. The molecule has 0 aromatic carbocycles. The number of amides is 1. The van der Waals surface area contributed by atoms with Gasteiger partial charge in [-0.25, -0.2) is 4.98 Å². The van der Waals surface area contributed by atoms with Gasteiger partial charge in [0.15, 0.2) is 0 Å². The first-order valence-electron chi connectivity index (χ1n) is 5.19. The molecule has 5 heteroatoms. The Labute approximate surface area is 100 Å². The van der Waals surface area contributed by atoms with Crippen LogP contribution in [0.25, 0.3) is 0 Å². The average Bonchev–Trinajstić information content (AvgIpc) is 2.25. The molecule has 3 N–H and O–H groups in total. The van der Waals surface area contributed by atoms with Crippen LogP contribution in [0.4, 0.5) is 5.82 Å². The zero-order valence-electron chi connectivity index (χ0n) is 9.56. The van der Waals surface area contributed by atoms with E-state index in [1.165, 1.54) is 11.8 Å². The van der Waals surface area contributed by atoms with Crippen LogP contribution in [0.1, 0.15) is 13.8 Å². The highest BCUT2D eigenvalue weighted by atomic mass is 32.2. The Kier molecular flexibility index (Phi) is 5.11. The molecule has 1 rings (SSSR count). The Morgan fingerprint density at radius 3 is 2.88 bits per heavy atom. The highest BCUT2D eigenvalue weighted by Gasteiger charge is 2.03. The molecule has 0 bridgehead atoms. The van der Waals surface area contributed by atoms with Crippen molar-refractivity contribution in [2.24, 2.45) is 5.92 Å². The topological polar surface area (TPSA) is 68.0 Å². The maximum atomic E-state index is 11.4. The number of nitrogens with one attached hydrogen (secondary N) is 1. The Hall–Kier alpha value is -1.23. The maximum Gasteiger partial charge on any atom is 0.230 e. The molecule has 0 atom stereocenters. The lowest BCUT2D eigenvalue weighted by molar-refractivity contribution is -0.118. The van der Waals surface area contributed by atoms with E-state index in [4.69, 9.17) is 5.73 Å². The normalized spacial score (nSPS) is 10.4. The SMILES string of the molecule is CC(C)CNC(=O)CSc1ccc(N)nc1. The second kappa shape index (κ2) is 6.37. The number of nitrogens with zero attached hydrogens (tertiary/aromatic N) is 1. The molecule has 88 valence electrons. The van der Waals surface area contributed by atoms with Gasteiger partial charge >= 0.3 is 0 Å². The highest BCUT2D eigenvalue weighted by molar-refractivity contribution is 8.00. The minimum absolute atomic E-state index is 0.0514. The van der Waals surface area contributed by atoms with Gasteiger partial charge in [0.1, 0.15) is 5.82 Å². The third-order valence-corrected chi connectivity index (χ3v) is 2.82. The molecule has 0 aliphatic heterocycles. The summed E-state index contributed by atoms with van der Waals surface area (Å²) in [5, 5.41) is 2.86. The molecular weight excluding hydrogens is 222 g/mol. The molecule has 0 spiro atoms. The van der Waals surface area contributed by atoms with E-state index in [-0.39, 0.29) is 5.91 Å². The van der Waals surface area contributed by atoms with E-state index in [1.54, 1.807) is 12.3 Å². The number of nitrogen functional groups attached to an aromatic ring is 1. The molecule has 1 aromatic heterocycles. The second-order valence-electron chi connectivity index (χ2n) is 3.91. The third kappa shape index (κ3) is 5.02. The van der Waals surface area contributed by atoms with Crippen molar-refractivity contribution in [1.29, 1.82) is 0 Å². The van der Waals surface area contributed by atoms with Gasteiger partial charge in [-0.2, -0.15) is 0 Å². The van der Waals surface area contributed by atoms with E-state index in [0.29, 0.717) is 17.5 Å². The fourth-order valence-electron chi connectivity index (χ4n) is 0.995. The summed E-state index contributed by atoms with van der Waals surface area (Å²) in [6.45, 7) is 4.86. The zero-order chi connectivity index (χ0) is 12.0. The molecule has 1 amide bonds. The van der Waals surface area contributed by atoms with Gasteiger partial charge in [0.2, 0.25) is 5.91 Å². The van der Waals surface area contributed by atoms with Crippen LogP contribution in [0.15, 0.2) is 23.2 Å². The van der Waals surface area contributed by atoms with E-state index in [0.717, 1.165) is 11.4 Å². The van der Waals surface area contributed by atoms with Crippen LogP contribution in [-0.4, -0.2) is 23.2 Å². The number of anilines is 1. The Morgan fingerprint density at radius 1 is 1.56 bits per heavy atom. The van der Waals surface area contributed by atoms with Crippen molar-refractivity contribution in [1.82, 2.24) is 10.3 Å². The van der Waals surface area contributed by atoms with Gasteiger partial charge < -0.3 is 11.1 Å². The quantitative estimate of drug-likeness (QED) is 0.765. The predicted molar refractivity (Wildman–Crippen MR) is 67.2 cm³/mol. The van der Waals surface area contributed by atoms with E-state index in [1.807, 2.05) is 6.07 Å². The largest absolute Gasteiger partial charge is 0.384 e. The summed E-state index contributed by atoms with van der Waals surface area (Å²) in [6, 6.07) is 3.59. The van der Waals surface area contributed by atoms with Crippen LogP contribution in [0, 0.1) is 5.92 Å². The summed E-state index contributed by atoms with van der Waals surface area (Å²) in [5.74, 6) is 1.44. The summed E-state index contributed by atoms with van der Waals surface area (Å²) in [6.07, 6.45) is 1.68. The van der Waals surface area contributed by atoms with Crippen molar-refractivity contribution in [3.8, 4) is 0 Å². The first-order valence-corrected chi connectivity index (χ1v) is 6.17. The smallest absolute Gasteiger partial charge is 0.230 e. The van der Waals surface area contributed by atoms with E-state index in [9.17, 15) is 4.79 Å². The van der Waals surface area contributed by atoms with Crippen LogP contribution in [-0.2, 0) is 4.79 Å². The fraction of sp³-hybridized carbons (Fsp3) is 0.455. The van der Waals surface area contributed by atoms with Gasteiger partial charge in [-0.1, -0.05) is 13.8 Å². The summed E-state index contributed by atoms with van der Waals surface area (Å²) in [5.41, 5.74) is 5.46. The maximum absolute atomic E-state index is 11.4. The number of aromatic nitrogens is 1.